The fraction of sp³-hybridized carbons (Fsp3) is 0.632. The summed E-state index contributed by atoms with van der Waals surface area (Å²) in [6.45, 7) is 7.79. The van der Waals surface area contributed by atoms with Gasteiger partial charge in [0.1, 0.15) is 0 Å². The largest absolute Gasteiger partial charge is 0.490 e. The molecule has 0 unspecified atom stereocenters. The van der Waals surface area contributed by atoms with Gasteiger partial charge in [0.15, 0.2) is 11.5 Å². The van der Waals surface area contributed by atoms with Crippen molar-refractivity contribution >= 4 is 5.91 Å². The molecule has 1 atom stereocenters. The van der Waals surface area contributed by atoms with Crippen molar-refractivity contribution in [2.24, 2.45) is 5.92 Å². The van der Waals surface area contributed by atoms with E-state index in [0.29, 0.717) is 25.7 Å². The Morgan fingerprint density at radius 1 is 1.25 bits per heavy atom. The Kier molecular flexibility index (Phi) is 5.61. The first kappa shape index (κ1) is 17.1. The number of carbonyl (C=O) groups is 1. The predicted molar refractivity (Wildman–Crippen MR) is 93.4 cm³/mol. The zero-order chi connectivity index (χ0) is 16.9. The molecule has 0 spiro atoms. The third-order valence-corrected chi connectivity index (χ3v) is 4.57. The normalized spacial score (nSPS) is 20.9. The van der Waals surface area contributed by atoms with E-state index in [1.807, 2.05) is 6.07 Å². The van der Waals surface area contributed by atoms with Crippen molar-refractivity contribution in [3.63, 3.8) is 0 Å². The van der Waals surface area contributed by atoms with Gasteiger partial charge in [0.05, 0.1) is 19.8 Å². The Bertz CT molecular complexity index is 574. The number of nitrogens with zero attached hydrogens (tertiary/aromatic N) is 1. The van der Waals surface area contributed by atoms with Crippen LogP contribution in [0.25, 0.3) is 0 Å². The highest BCUT2D eigenvalue weighted by molar-refractivity contribution is 5.78. The average molecular weight is 332 g/mol. The molecule has 1 N–H and O–H groups in total. The van der Waals surface area contributed by atoms with E-state index < -0.39 is 0 Å². The van der Waals surface area contributed by atoms with Crippen molar-refractivity contribution < 1.29 is 14.3 Å². The van der Waals surface area contributed by atoms with Crippen LogP contribution >= 0.6 is 0 Å². The lowest BCUT2D eigenvalue weighted by Crippen LogP contribution is -2.38. The van der Waals surface area contributed by atoms with E-state index in [4.69, 9.17) is 9.47 Å². The van der Waals surface area contributed by atoms with Gasteiger partial charge in [-0.2, -0.15) is 0 Å². The maximum absolute atomic E-state index is 12.2. The zero-order valence-corrected chi connectivity index (χ0v) is 14.7. The molecule has 0 saturated carbocycles. The third-order valence-electron chi connectivity index (χ3n) is 4.57. The first-order valence-electron chi connectivity index (χ1n) is 9.04. The van der Waals surface area contributed by atoms with E-state index in [9.17, 15) is 4.79 Å². The Labute approximate surface area is 144 Å². The monoisotopic (exact) mass is 332 g/mol. The molecule has 3 rings (SSSR count). The van der Waals surface area contributed by atoms with Crippen LogP contribution in [-0.4, -0.2) is 43.7 Å². The molecule has 132 valence electrons. The summed E-state index contributed by atoms with van der Waals surface area (Å²) in [6, 6.07) is 6.50. The van der Waals surface area contributed by atoms with Crippen LogP contribution < -0.4 is 14.8 Å². The van der Waals surface area contributed by atoms with Gasteiger partial charge >= 0.3 is 0 Å². The van der Waals surface area contributed by atoms with Crippen molar-refractivity contribution in [1.29, 1.82) is 0 Å². The molecule has 1 amide bonds. The second-order valence-corrected chi connectivity index (χ2v) is 7.08. The van der Waals surface area contributed by atoms with Crippen LogP contribution in [0.2, 0.25) is 0 Å². The molecule has 1 aromatic carbocycles. The topological polar surface area (TPSA) is 50.8 Å². The standard InChI is InChI=1S/C19H28N2O3/c1-14(2)12-20-19(22)13-21-8-3-5-16(21)15-6-7-17-18(11-15)24-10-4-9-23-17/h6-7,11,14,16H,3-5,8-10,12-13H2,1-2H3,(H,20,22)/t16-/m1/s1. The molecule has 2 heterocycles. The van der Waals surface area contributed by atoms with Crippen LogP contribution in [0.3, 0.4) is 0 Å². The van der Waals surface area contributed by atoms with Gasteiger partial charge in [-0.15, -0.1) is 0 Å². The minimum absolute atomic E-state index is 0.116. The molecule has 0 radical (unpaired) electrons. The summed E-state index contributed by atoms with van der Waals surface area (Å²) in [5.41, 5.74) is 1.22. The molecule has 0 aliphatic carbocycles. The van der Waals surface area contributed by atoms with E-state index in [-0.39, 0.29) is 11.9 Å². The van der Waals surface area contributed by atoms with E-state index in [0.717, 1.165) is 43.9 Å². The summed E-state index contributed by atoms with van der Waals surface area (Å²) in [5.74, 6) is 2.26. The van der Waals surface area contributed by atoms with E-state index in [1.54, 1.807) is 0 Å². The summed E-state index contributed by atoms with van der Waals surface area (Å²) in [4.78, 5) is 14.4. The van der Waals surface area contributed by atoms with Gasteiger partial charge in [0.2, 0.25) is 5.91 Å². The number of hydrogen-bond acceptors (Lipinski definition) is 4. The summed E-state index contributed by atoms with van der Waals surface area (Å²) in [7, 11) is 0. The van der Waals surface area contributed by atoms with Crippen molar-refractivity contribution in [3.8, 4) is 11.5 Å². The molecule has 5 nitrogen and oxygen atoms in total. The molecule has 2 aliphatic heterocycles. The number of fused-ring (bicyclic) bond motifs is 1. The van der Waals surface area contributed by atoms with Gasteiger partial charge in [0, 0.05) is 19.0 Å². The van der Waals surface area contributed by atoms with Gasteiger partial charge in [-0.05, 0) is 43.0 Å². The van der Waals surface area contributed by atoms with Crippen molar-refractivity contribution in [2.45, 2.75) is 39.2 Å². The van der Waals surface area contributed by atoms with Gasteiger partial charge in [0.25, 0.3) is 0 Å². The number of nitrogens with one attached hydrogen (secondary N) is 1. The average Bonchev–Trinajstić information content (AvgIpc) is 2.88. The molecule has 1 saturated heterocycles. The Morgan fingerprint density at radius 2 is 2.04 bits per heavy atom. The number of likely N-dealkylation sites (tertiary alicyclic amines) is 1. The summed E-state index contributed by atoms with van der Waals surface area (Å²) in [6.07, 6.45) is 3.11. The summed E-state index contributed by atoms with van der Waals surface area (Å²) >= 11 is 0. The SMILES string of the molecule is CC(C)CNC(=O)CN1CCC[C@@H]1c1ccc2c(c1)OCCCO2. The lowest BCUT2D eigenvalue weighted by atomic mass is 10.0. The fourth-order valence-electron chi connectivity index (χ4n) is 3.34. The highest BCUT2D eigenvalue weighted by Gasteiger charge is 2.28. The van der Waals surface area contributed by atoms with Crippen LogP contribution in [0.5, 0.6) is 11.5 Å². The van der Waals surface area contributed by atoms with Crippen molar-refractivity contribution in [2.75, 3.05) is 32.8 Å². The number of ether oxygens (including phenoxy) is 2. The van der Waals surface area contributed by atoms with E-state index in [2.05, 4.69) is 36.2 Å². The van der Waals surface area contributed by atoms with Gasteiger partial charge in [-0.3, -0.25) is 9.69 Å². The molecule has 0 aromatic heterocycles. The summed E-state index contributed by atoms with van der Waals surface area (Å²) in [5, 5.41) is 3.01. The first-order valence-corrected chi connectivity index (χ1v) is 9.04. The Hall–Kier alpha value is -1.75. The Morgan fingerprint density at radius 3 is 2.83 bits per heavy atom. The summed E-state index contributed by atoms with van der Waals surface area (Å²) < 4.78 is 11.5. The van der Waals surface area contributed by atoms with E-state index in [1.165, 1.54) is 5.56 Å². The second kappa shape index (κ2) is 7.88. The minimum Gasteiger partial charge on any atom is -0.490 e. The Balaban J connectivity index is 1.67. The fourth-order valence-corrected chi connectivity index (χ4v) is 3.34. The highest BCUT2D eigenvalue weighted by Crippen LogP contribution is 2.37. The smallest absolute Gasteiger partial charge is 0.234 e. The van der Waals surface area contributed by atoms with Gasteiger partial charge < -0.3 is 14.8 Å². The van der Waals surface area contributed by atoms with Crippen LogP contribution in [0, 0.1) is 5.92 Å². The molecule has 1 aromatic rings. The number of benzene rings is 1. The van der Waals surface area contributed by atoms with Crippen LogP contribution in [0.15, 0.2) is 18.2 Å². The molecule has 24 heavy (non-hydrogen) atoms. The lowest BCUT2D eigenvalue weighted by Gasteiger charge is -2.25. The second-order valence-electron chi connectivity index (χ2n) is 7.08. The molecule has 1 fully saturated rings. The third kappa shape index (κ3) is 4.20. The lowest BCUT2D eigenvalue weighted by molar-refractivity contribution is -0.122. The van der Waals surface area contributed by atoms with Crippen molar-refractivity contribution in [1.82, 2.24) is 10.2 Å². The van der Waals surface area contributed by atoms with Crippen LogP contribution in [0.4, 0.5) is 0 Å². The zero-order valence-electron chi connectivity index (χ0n) is 14.7. The number of carbonyl (C=O) groups excluding carboxylic acids is 1. The highest BCUT2D eigenvalue weighted by atomic mass is 16.5. The predicted octanol–water partition coefficient (Wildman–Crippen LogP) is 2.76. The number of hydrogen-bond donors (Lipinski definition) is 1. The maximum Gasteiger partial charge on any atom is 0.234 e. The molecular formula is C19H28N2O3. The van der Waals surface area contributed by atoms with Gasteiger partial charge in [-0.25, -0.2) is 0 Å². The number of rotatable bonds is 5. The first-order chi connectivity index (χ1) is 11.6. The maximum atomic E-state index is 12.2. The van der Waals surface area contributed by atoms with Gasteiger partial charge in [-0.1, -0.05) is 19.9 Å². The molecule has 2 aliphatic rings. The molecule has 5 heteroatoms. The van der Waals surface area contributed by atoms with Crippen LogP contribution in [-0.2, 0) is 4.79 Å². The molecule has 0 bridgehead atoms. The van der Waals surface area contributed by atoms with Crippen LogP contribution in [0.1, 0.15) is 44.7 Å². The van der Waals surface area contributed by atoms with Crippen molar-refractivity contribution in [3.05, 3.63) is 23.8 Å². The van der Waals surface area contributed by atoms with E-state index >= 15 is 0 Å². The minimum atomic E-state index is 0.116. The molecular weight excluding hydrogens is 304 g/mol. The quantitative estimate of drug-likeness (QED) is 0.901. The number of amides is 1.